The van der Waals surface area contributed by atoms with Crippen molar-refractivity contribution in [2.24, 2.45) is 0 Å². The molecule has 0 radical (unpaired) electrons. The molecule has 1 aromatic carbocycles. The molecule has 0 spiro atoms. The summed E-state index contributed by atoms with van der Waals surface area (Å²) >= 11 is 5.78. The molecular weight excluding hydrogens is 268 g/mol. The van der Waals surface area contributed by atoms with Crippen LogP contribution in [0.5, 0.6) is 0 Å². The highest BCUT2D eigenvalue weighted by Gasteiger charge is 2.29. The molecule has 1 aromatic rings. The summed E-state index contributed by atoms with van der Waals surface area (Å²) in [5, 5.41) is 24.4. The molecule has 0 atom stereocenters. The van der Waals surface area contributed by atoms with Crippen LogP contribution in [0.15, 0.2) is 18.2 Å². The van der Waals surface area contributed by atoms with Crippen LogP contribution in [0.25, 0.3) is 0 Å². The lowest BCUT2D eigenvalue weighted by molar-refractivity contribution is -0.384. The molecule has 0 aliphatic heterocycles. The Hall–Kier alpha value is -1.33. The van der Waals surface area contributed by atoms with Crippen molar-refractivity contribution in [3.05, 3.63) is 33.3 Å². The van der Waals surface area contributed by atoms with Gasteiger partial charge in [0.05, 0.1) is 10.5 Å². The number of nitro benzene ring substituents is 1. The molecule has 0 amide bonds. The Balaban J connectivity index is 2.10. The van der Waals surface area contributed by atoms with E-state index in [0.717, 1.165) is 12.8 Å². The molecule has 104 valence electrons. The Morgan fingerprint density at radius 1 is 1.47 bits per heavy atom. The number of nitrogens with zero attached hydrogens (tertiary/aromatic N) is 1. The monoisotopic (exact) mass is 284 g/mol. The van der Waals surface area contributed by atoms with E-state index in [2.05, 4.69) is 5.32 Å². The topological polar surface area (TPSA) is 75.4 Å². The first kappa shape index (κ1) is 14.1. The molecule has 5 nitrogen and oxygen atoms in total. The minimum atomic E-state index is -0.607. The average molecular weight is 285 g/mol. The molecule has 0 aromatic heterocycles. The smallest absolute Gasteiger partial charge is 0.293 e. The van der Waals surface area contributed by atoms with Crippen LogP contribution in [0.2, 0.25) is 5.02 Å². The van der Waals surface area contributed by atoms with Gasteiger partial charge in [0, 0.05) is 17.1 Å². The van der Waals surface area contributed by atoms with E-state index in [4.69, 9.17) is 11.6 Å². The lowest BCUT2D eigenvalue weighted by Gasteiger charge is -2.33. The number of halogens is 1. The molecule has 2 N–H and O–H groups in total. The highest BCUT2D eigenvalue weighted by atomic mass is 35.5. The van der Waals surface area contributed by atoms with Crippen LogP contribution in [-0.4, -0.2) is 21.7 Å². The van der Waals surface area contributed by atoms with Gasteiger partial charge in [0.1, 0.15) is 5.69 Å². The Labute approximate surface area is 116 Å². The highest BCUT2D eigenvalue weighted by Crippen LogP contribution is 2.33. The second kappa shape index (κ2) is 5.35. The number of rotatable bonds is 3. The minimum Gasteiger partial charge on any atom is -0.390 e. The van der Waals surface area contributed by atoms with Crippen molar-refractivity contribution >= 4 is 23.0 Å². The van der Waals surface area contributed by atoms with E-state index in [1.54, 1.807) is 12.1 Å². The van der Waals surface area contributed by atoms with Gasteiger partial charge < -0.3 is 10.4 Å². The number of nitrogens with one attached hydrogen (secondary N) is 1. The molecule has 0 heterocycles. The summed E-state index contributed by atoms with van der Waals surface area (Å²) in [6, 6.07) is 4.77. The quantitative estimate of drug-likeness (QED) is 0.659. The Bertz CT molecular complexity index is 481. The standard InChI is InChI=1S/C13H17ClN2O3/c1-13(17)6-4-10(5-7-13)15-11-3-2-9(14)8-12(11)16(18)19/h2-3,8,10,15,17H,4-7H2,1H3/t10-,13-. The van der Waals surface area contributed by atoms with Gasteiger partial charge in [-0.15, -0.1) is 0 Å². The number of nitro groups is 1. The fourth-order valence-corrected chi connectivity index (χ4v) is 2.55. The van der Waals surface area contributed by atoms with Crippen LogP contribution in [0.1, 0.15) is 32.6 Å². The summed E-state index contributed by atoms with van der Waals surface area (Å²) in [5.74, 6) is 0. The molecule has 0 bridgehead atoms. The van der Waals surface area contributed by atoms with E-state index >= 15 is 0 Å². The average Bonchev–Trinajstić information content (AvgIpc) is 2.33. The van der Waals surface area contributed by atoms with Crippen LogP contribution in [0, 0.1) is 10.1 Å². The van der Waals surface area contributed by atoms with E-state index < -0.39 is 10.5 Å². The fraction of sp³-hybridized carbons (Fsp3) is 0.538. The fourth-order valence-electron chi connectivity index (χ4n) is 2.38. The summed E-state index contributed by atoms with van der Waals surface area (Å²) in [4.78, 5) is 10.5. The van der Waals surface area contributed by atoms with Gasteiger partial charge in [0.2, 0.25) is 0 Å². The third-order valence-electron chi connectivity index (χ3n) is 3.58. The van der Waals surface area contributed by atoms with Gasteiger partial charge in [0.15, 0.2) is 0 Å². The summed E-state index contributed by atoms with van der Waals surface area (Å²) < 4.78 is 0. The lowest BCUT2D eigenvalue weighted by atomic mass is 9.83. The van der Waals surface area contributed by atoms with Gasteiger partial charge in [-0.3, -0.25) is 10.1 Å². The van der Waals surface area contributed by atoms with Gasteiger partial charge in [0.25, 0.3) is 5.69 Å². The number of benzene rings is 1. The normalized spacial score (nSPS) is 27.0. The zero-order valence-corrected chi connectivity index (χ0v) is 11.5. The molecule has 1 saturated carbocycles. The van der Waals surface area contributed by atoms with Gasteiger partial charge >= 0.3 is 0 Å². The third-order valence-corrected chi connectivity index (χ3v) is 3.81. The second-order valence-electron chi connectivity index (χ2n) is 5.33. The first-order valence-corrected chi connectivity index (χ1v) is 6.68. The van der Waals surface area contributed by atoms with Gasteiger partial charge in [-0.25, -0.2) is 0 Å². The highest BCUT2D eigenvalue weighted by molar-refractivity contribution is 6.30. The predicted molar refractivity (Wildman–Crippen MR) is 74.6 cm³/mol. The molecule has 1 fully saturated rings. The number of hydrogen-bond donors (Lipinski definition) is 2. The first-order chi connectivity index (χ1) is 8.87. The Morgan fingerprint density at radius 3 is 2.68 bits per heavy atom. The van der Waals surface area contributed by atoms with Gasteiger partial charge in [-0.1, -0.05) is 11.6 Å². The maximum absolute atomic E-state index is 11.0. The number of anilines is 1. The Morgan fingerprint density at radius 2 is 2.11 bits per heavy atom. The maximum Gasteiger partial charge on any atom is 0.293 e. The van der Waals surface area contributed by atoms with Crippen LogP contribution >= 0.6 is 11.6 Å². The van der Waals surface area contributed by atoms with Gasteiger partial charge in [-0.05, 0) is 44.7 Å². The summed E-state index contributed by atoms with van der Waals surface area (Å²) in [6.45, 7) is 1.83. The van der Waals surface area contributed by atoms with Crippen molar-refractivity contribution in [3.63, 3.8) is 0 Å². The van der Waals surface area contributed by atoms with Gasteiger partial charge in [-0.2, -0.15) is 0 Å². The summed E-state index contributed by atoms with van der Waals surface area (Å²) in [6.07, 6.45) is 3.00. The minimum absolute atomic E-state index is 0.00941. The summed E-state index contributed by atoms with van der Waals surface area (Å²) in [7, 11) is 0. The van der Waals surface area contributed by atoms with Crippen LogP contribution in [-0.2, 0) is 0 Å². The third kappa shape index (κ3) is 3.58. The van der Waals surface area contributed by atoms with Crippen molar-refractivity contribution < 1.29 is 10.0 Å². The molecule has 0 unspecified atom stereocenters. The van der Waals surface area contributed by atoms with Crippen molar-refractivity contribution in [1.82, 2.24) is 0 Å². The van der Waals surface area contributed by atoms with E-state index in [1.807, 2.05) is 6.92 Å². The molecule has 0 saturated heterocycles. The van der Waals surface area contributed by atoms with Crippen molar-refractivity contribution in [1.29, 1.82) is 0 Å². The second-order valence-corrected chi connectivity index (χ2v) is 5.77. The largest absolute Gasteiger partial charge is 0.390 e. The van der Waals surface area contributed by atoms with Crippen LogP contribution < -0.4 is 5.32 Å². The van der Waals surface area contributed by atoms with E-state index in [0.29, 0.717) is 23.6 Å². The van der Waals surface area contributed by atoms with Crippen molar-refractivity contribution in [2.45, 2.75) is 44.2 Å². The zero-order valence-electron chi connectivity index (χ0n) is 10.7. The summed E-state index contributed by atoms with van der Waals surface area (Å²) in [5.41, 5.74) is -0.129. The van der Waals surface area contributed by atoms with E-state index in [-0.39, 0.29) is 11.7 Å². The lowest BCUT2D eigenvalue weighted by Crippen LogP contribution is -2.35. The Kier molecular flexibility index (Phi) is 3.96. The molecule has 19 heavy (non-hydrogen) atoms. The van der Waals surface area contributed by atoms with Crippen molar-refractivity contribution in [2.75, 3.05) is 5.32 Å². The molecule has 6 heteroatoms. The van der Waals surface area contributed by atoms with Crippen molar-refractivity contribution in [3.8, 4) is 0 Å². The molecule has 1 aliphatic rings. The molecule has 1 aliphatic carbocycles. The van der Waals surface area contributed by atoms with Crippen LogP contribution in [0.3, 0.4) is 0 Å². The SMILES string of the molecule is C[C@]1(O)CC[C@H](Nc2ccc(Cl)cc2[N+](=O)[O-])CC1. The van der Waals surface area contributed by atoms with Crippen LogP contribution in [0.4, 0.5) is 11.4 Å². The predicted octanol–water partition coefficient (Wildman–Crippen LogP) is 3.35. The number of hydrogen-bond acceptors (Lipinski definition) is 4. The molecule has 2 rings (SSSR count). The zero-order chi connectivity index (χ0) is 14.0. The number of aliphatic hydroxyl groups is 1. The maximum atomic E-state index is 11.0. The first-order valence-electron chi connectivity index (χ1n) is 6.30. The van der Waals surface area contributed by atoms with E-state index in [1.165, 1.54) is 6.07 Å². The van der Waals surface area contributed by atoms with E-state index in [9.17, 15) is 15.2 Å². The molecular formula is C13H17ClN2O3.